The number of nitrogens with two attached hydrogens (primary N) is 1. The van der Waals surface area contributed by atoms with E-state index in [-0.39, 0.29) is 18.2 Å². The fourth-order valence-electron chi connectivity index (χ4n) is 1.06. The topological polar surface area (TPSA) is 93.2 Å². The molecule has 0 unspecified atom stereocenters. The van der Waals surface area contributed by atoms with E-state index in [0.717, 1.165) is 6.26 Å². The van der Waals surface area contributed by atoms with Gasteiger partial charge >= 0.3 is 0 Å². The van der Waals surface area contributed by atoms with E-state index in [1.165, 1.54) is 0 Å². The summed E-state index contributed by atoms with van der Waals surface area (Å²) in [5.41, 5.74) is 5.87. The van der Waals surface area contributed by atoms with Gasteiger partial charge in [-0.25, -0.2) is 8.42 Å². The van der Waals surface area contributed by atoms with E-state index in [2.05, 4.69) is 0 Å². The molecule has 6 heteroatoms. The van der Waals surface area contributed by atoms with Crippen molar-refractivity contribution in [3.63, 3.8) is 0 Å². The van der Waals surface area contributed by atoms with Gasteiger partial charge in [-0.05, 0) is 12.1 Å². The second-order valence-electron chi connectivity index (χ2n) is 3.42. The predicted octanol–water partition coefficient (Wildman–Crippen LogP) is 0.394. The summed E-state index contributed by atoms with van der Waals surface area (Å²) in [4.78, 5) is 0. The van der Waals surface area contributed by atoms with Crippen LogP contribution in [0.4, 0.5) is 0 Å². The summed E-state index contributed by atoms with van der Waals surface area (Å²) in [6.45, 7) is 0.0974. The fraction of sp³-hybridized carbons (Fsp3) is 0.300. The first-order valence-electron chi connectivity index (χ1n) is 4.63. The number of nitrogen functional groups attached to an aromatic ring is 1. The molecule has 0 saturated heterocycles. The second-order valence-corrected chi connectivity index (χ2v) is 5.68. The summed E-state index contributed by atoms with van der Waals surface area (Å²) in [5.74, 6) is 0.432. The van der Waals surface area contributed by atoms with Crippen LogP contribution < -0.4 is 10.5 Å². The Morgan fingerprint density at radius 2 is 2.19 bits per heavy atom. The number of sulfone groups is 1. The molecule has 1 rings (SSSR count). The molecule has 16 heavy (non-hydrogen) atoms. The zero-order valence-electron chi connectivity index (χ0n) is 8.93. The Balaban J connectivity index is 2.61. The fourth-order valence-corrected chi connectivity index (χ4v) is 1.45. The zero-order valence-corrected chi connectivity index (χ0v) is 9.75. The Labute approximate surface area is 94.7 Å². The number of amidine groups is 1. The maximum Gasteiger partial charge on any atom is 0.150 e. The predicted molar refractivity (Wildman–Crippen MR) is 62.7 cm³/mol. The molecule has 1 aromatic carbocycles. The largest absolute Gasteiger partial charge is 0.493 e. The smallest absolute Gasteiger partial charge is 0.150 e. The minimum Gasteiger partial charge on any atom is -0.493 e. The van der Waals surface area contributed by atoms with Crippen molar-refractivity contribution in [2.24, 2.45) is 5.73 Å². The Morgan fingerprint density at radius 1 is 1.50 bits per heavy atom. The molecule has 0 fully saturated rings. The maximum absolute atomic E-state index is 10.9. The Morgan fingerprint density at radius 3 is 2.75 bits per heavy atom. The van der Waals surface area contributed by atoms with Gasteiger partial charge in [-0.1, -0.05) is 12.1 Å². The normalized spacial score (nSPS) is 11.1. The van der Waals surface area contributed by atoms with Crippen LogP contribution in [0.15, 0.2) is 24.3 Å². The van der Waals surface area contributed by atoms with E-state index in [0.29, 0.717) is 11.3 Å². The van der Waals surface area contributed by atoms with Crippen LogP contribution in [0.25, 0.3) is 0 Å². The van der Waals surface area contributed by atoms with Gasteiger partial charge in [0, 0.05) is 11.8 Å². The van der Waals surface area contributed by atoms with Gasteiger partial charge in [0.1, 0.15) is 18.2 Å². The van der Waals surface area contributed by atoms with Gasteiger partial charge in [-0.2, -0.15) is 0 Å². The highest BCUT2D eigenvalue weighted by Crippen LogP contribution is 2.12. The lowest BCUT2D eigenvalue weighted by atomic mass is 10.2. The highest BCUT2D eigenvalue weighted by molar-refractivity contribution is 7.90. The van der Waals surface area contributed by atoms with Crippen molar-refractivity contribution in [1.82, 2.24) is 0 Å². The second kappa shape index (κ2) is 4.98. The molecule has 0 heterocycles. The van der Waals surface area contributed by atoms with Crippen molar-refractivity contribution in [2.45, 2.75) is 0 Å². The number of rotatable bonds is 5. The quantitative estimate of drug-likeness (QED) is 0.577. The van der Waals surface area contributed by atoms with Crippen LogP contribution in [0.5, 0.6) is 5.75 Å². The molecule has 0 amide bonds. The van der Waals surface area contributed by atoms with Gasteiger partial charge < -0.3 is 10.5 Å². The number of hydrogen-bond donors (Lipinski definition) is 2. The van der Waals surface area contributed by atoms with Crippen LogP contribution in [-0.4, -0.2) is 32.9 Å². The highest BCUT2D eigenvalue weighted by atomic mass is 32.2. The minimum absolute atomic E-state index is 0.0305. The van der Waals surface area contributed by atoms with Crippen LogP contribution in [0, 0.1) is 5.41 Å². The van der Waals surface area contributed by atoms with Crippen LogP contribution in [0.3, 0.4) is 0 Å². The number of nitrogens with one attached hydrogen (secondary N) is 1. The lowest BCUT2D eigenvalue weighted by Crippen LogP contribution is -2.13. The third-order valence-corrected chi connectivity index (χ3v) is 2.78. The molecule has 0 radical (unpaired) electrons. The van der Waals surface area contributed by atoms with Gasteiger partial charge in [-0.3, -0.25) is 5.41 Å². The first kappa shape index (κ1) is 12.5. The molecule has 0 aromatic heterocycles. The van der Waals surface area contributed by atoms with Gasteiger partial charge in [0.25, 0.3) is 0 Å². The maximum atomic E-state index is 10.9. The molecule has 0 atom stereocenters. The summed E-state index contributed by atoms with van der Waals surface area (Å²) in [7, 11) is -3.01. The zero-order chi connectivity index (χ0) is 12.2. The van der Waals surface area contributed by atoms with Gasteiger partial charge in [0.2, 0.25) is 0 Å². The molecular formula is C10H14N2O3S. The SMILES string of the molecule is CS(=O)(=O)CCOc1cccc(C(=N)N)c1. The number of hydrogen-bond acceptors (Lipinski definition) is 4. The lowest BCUT2D eigenvalue weighted by molar-refractivity contribution is 0.341. The molecule has 3 N–H and O–H groups in total. The van der Waals surface area contributed by atoms with E-state index in [1.54, 1.807) is 24.3 Å². The third kappa shape index (κ3) is 4.31. The first-order valence-corrected chi connectivity index (χ1v) is 6.69. The number of benzene rings is 1. The van der Waals surface area contributed by atoms with Crippen molar-refractivity contribution in [3.8, 4) is 5.75 Å². The third-order valence-electron chi connectivity index (χ3n) is 1.87. The van der Waals surface area contributed by atoms with Crippen LogP contribution in [0.1, 0.15) is 5.56 Å². The summed E-state index contributed by atoms with van der Waals surface area (Å²) in [5, 5.41) is 7.23. The molecule has 0 aliphatic heterocycles. The molecular weight excluding hydrogens is 228 g/mol. The molecule has 0 spiro atoms. The molecule has 88 valence electrons. The van der Waals surface area contributed by atoms with E-state index in [1.807, 2.05) is 0 Å². The summed E-state index contributed by atoms with van der Waals surface area (Å²) < 4.78 is 27.0. The minimum atomic E-state index is -3.01. The van der Waals surface area contributed by atoms with E-state index in [4.69, 9.17) is 15.9 Å². The Bertz CT molecular complexity index is 483. The molecule has 0 saturated carbocycles. The molecule has 1 aromatic rings. The van der Waals surface area contributed by atoms with E-state index in [9.17, 15) is 8.42 Å². The molecule has 0 aliphatic rings. The van der Waals surface area contributed by atoms with Crippen molar-refractivity contribution in [3.05, 3.63) is 29.8 Å². The van der Waals surface area contributed by atoms with Crippen molar-refractivity contribution in [2.75, 3.05) is 18.6 Å². The standard InChI is InChI=1S/C10H14N2O3S/c1-16(13,14)6-5-15-9-4-2-3-8(7-9)10(11)12/h2-4,7H,5-6H2,1H3,(H3,11,12). The van der Waals surface area contributed by atoms with Crippen molar-refractivity contribution in [1.29, 1.82) is 5.41 Å². The first-order chi connectivity index (χ1) is 7.38. The van der Waals surface area contributed by atoms with Crippen LogP contribution >= 0.6 is 0 Å². The van der Waals surface area contributed by atoms with E-state index >= 15 is 0 Å². The van der Waals surface area contributed by atoms with Crippen LogP contribution in [0.2, 0.25) is 0 Å². The van der Waals surface area contributed by atoms with Crippen molar-refractivity contribution < 1.29 is 13.2 Å². The van der Waals surface area contributed by atoms with Crippen molar-refractivity contribution >= 4 is 15.7 Å². The molecule has 0 bridgehead atoms. The average molecular weight is 242 g/mol. The summed E-state index contributed by atoms with van der Waals surface area (Å²) >= 11 is 0. The summed E-state index contributed by atoms with van der Waals surface area (Å²) in [6, 6.07) is 6.68. The number of ether oxygens (including phenoxy) is 1. The van der Waals surface area contributed by atoms with Gasteiger partial charge in [0.15, 0.2) is 9.84 Å². The highest BCUT2D eigenvalue weighted by Gasteiger charge is 2.03. The van der Waals surface area contributed by atoms with Gasteiger partial charge in [-0.15, -0.1) is 0 Å². The molecule has 0 aliphatic carbocycles. The Hall–Kier alpha value is -1.56. The lowest BCUT2D eigenvalue weighted by Gasteiger charge is -2.06. The average Bonchev–Trinajstić information content (AvgIpc) is 2.16. The van der Waals surface area contributed by atoms with Crippen LogP contribution in [-0.2, 0) is 9.84 Å². The molecule has 5 nitrogen and oxygen atoms in total. The van der Waals surface area contributed by atoms with E-state index < -0.39 is 9.84 Å². The summed E-state index contributed by atoms with van der Waals surface area (Å²) in [6.07, 6.45) is 1.16. The Kier molecular flexibility index (Phi) is 3.89. The van der Waals surface area contributed by atoms with Gasteiger partial charge in [0.05, 0.1) is 5.75 Å². The monoisotopic (exact) mass is 242 g/mol.